The van der Waals surface area contributed by atoms with E-state index in [-0.39, 0.29) is 11.9 Å². The molecule has 1 N–H and O–H groups in total. The first kappa shape index (κ1) is 15.0. The average molecular weight is 292 g/mol. The van der Waals surface area contributed by atoms with E-state index in [4.69, 9.17) is 11.6 Å². The van der Waals surface area contributed by atoms with Gasteiger partial charge >= 0.3 is 0 Å². The van der Waals surface area contributed by atoms with Crippen LogP contribution in [0.4, 0.5) is 4.39 Å². The number of hydrogen-bond donors (Lipinski definition) is 1. The largest absolute Gasteiger partial charge is 0.306 e. The second kappa shape index (κ2) is 6.87. The van der Waals surface area contributed by atoms with Gasteiger partial charge in [-0.05, 0) is 43.1 Å². The first-order valence-electron chi connectivity index (χ1n) is 6.87. The van der Waals surface area contributed by atoms with E-state index in [2.05, 4.69) is 12.2 Å². The summed E-state index contributed by atoms with van der Waals surface area (Å²) in [6.07, 6.45) is 0.981. The molecule has 0 amide bonds. The molecule has 2 rings (SSSR count). The summed E-state index contributed by atoms with van der Waals surface area (Å²) in [6.45, 7) is 4.78. The summed E-state index contributed by atoms with van der Waals surface area (Å²) in [5.41, 5.74) is 2.46. The highest BCUT2D eigenvalue weighted by atomic mass is 35.5. The summed E-state index contributed by atoms with van der Waals surface area (Å²) in [5, 5.41) is 4.03. The van der Waals surface area contributed by atoms with Crippen molar-refractivity contribution in [2.24, 2.45) is 0 Å². The Morgan fingerprint density at radius 1 is 1.15 bits per heavy atom. The van der Waals surface area contributed by atoms with Crippen LogP contribution >= 0.6 is 11.6 Å². The summed E-state index contributed by atoms with van der Waals surface area (Å²) in [4.78, 5) is 0. The molecular formula is C17H19ClFN. The molecule has 0 saturated carbocycles. The van der Waals surface area contributed by atoms with Gasteiger partial charge in [0, 0.05) is 10.6 Å². The van der Waals surface area contributed by atoms with Crippen LogP contribution in [0.5, 0.6) is 0 Å². The van der Waals surface area contributed by atoms with Crippen molar-refractivity contribution < 1.29 is 4.39 Å². The van der Waals surface area contributed by atoms with Crippen LogP contribution < -0.4 is 5.32 Å². The van der Waals surface area contributed by atoms with Crippen molar-refractivity contribution in [3.05, 3.63) is 70.0 Å². The van der Waals surface area contributed by atoms with Crippen molar-refractivity contribution in [3.63, 3.8) is 0 Å². The summed E-state index contributed by atoms with van der Waals surface area (Å²) < 4.78 is 14.3. The second-order valence-corrected chi connectivity index (χ2v) is 5.34. The maximum atomic E-state index is 14.3. The molecule has 0 radical (unpaired) electrons. The van der Waals surface area contributed by atoms with Crippen molar-refractivity contribution >= 4 is 11.6 Å². The Morgan fingerprint density at radius 2 is 1.90 bits per heavy atom. The Kier molecular flexibility index (Phi) is 5.16. The molecule has 2 aromatic carbocycles. The lowest BCUT2D eigenvalue weighted by Crippen LogP contribution is -2.24. The lowest BCUT2D eigenvalue weighted by Gasteiger charge is -2.21. The first-order chi connectivity index (χ1) is 9.63. The Labute approximate surface area is 124 Å². The van der Waals surface area contributed by atoms with E-state index in [9.17, 15) is 4.39 Å². The van der Waals surface area contributed by atoms with Crippen molar-refractivity contribution in [3.8, 4) is 0 Å². The fraction of sp³-hybridized carbons (Fsp3) is 0.294. The van der Waals surface area contributed by atoms with Gasteiger partial charge in [-0.25, -0.2) is 4.39 Å². The zero-order valence-electron chi connectivity index (χ0n) is 11.8. The number of rotatable bonds is 5. The lowest BCUT2D eigenvalue weighted by atomic mass is 9.97. The van der Waals surface area contributed by atoms with Crippen molar-refractivity contribution in [1.29, 1.82) is 0 Å². The van der Waals surface area contributed by atoms with Crippen LogP contribution in [-0.4, -0.2) is 6.54 Å². The summed E-state index contributed by atoms with van der Waals surface area (Å²) in [6, 6.07) is 12.7. The van der Waals surface area contributed by atoms with Gasteiger partial charge in [0.05, 0.1) is 6.04 Å². The third-order valence-electron chi connectivity index (χ3n) is 3.28. The summed E-state index contributed by atoms with van der Waals surface area (Å²) in [5.74, 6) is -0.196. The molecule has 2 aromatic rings. The standard InChI is InChI=1S/C17H19ClFN/c1-3-10-20-17(13-6-4-5-7-15(13)18)14-9-8-12(2)11-16(14)19/h4-9,11,17,20H,3,10H2,1-2H3. The summed E-state index contributed by atoms with van der Waals surface area (Å²) >= 11 is 6.27. The molecule has 0 heterocycles. The van der Waals surface area contributed by atoms with E-state index < -0.39 is 0 Å². The molecule has 106 valence electrons. The molecular weight excluding hydrogens is 273 g/mol. The minimum Gasteiger partial charge on any atom is -0.306 e. The molecule has 3 heteroatoms. The molecule has 0 aliphatic carbocycles. The van der Waals surface area contributed by atoms with Gasteiger partial charge in [0.25, 0.3) is 0 Å². The highest BCUT2D eigenvalue weighted by Gasteiger charge is 2.19. The molecule has 0 aliphatic rings. The lowest BCUT2D eigenvalue weighted by molar-refractivity contribution is 0.546. The SMILES string of the molecule is CCCNC(c1ccc(C)cc1F)c1ccccc1Cl. The predicted octanol–water partition coefficient (Wildman–Crippen LogP) is 4.88. The van der Waals surface area contributed by atoms with E-state index in [0.29, 0.717) is 10.6 Å². The number of halogens is 2. The van der Waals surface area contributed by atoms with Gasteiger partial charge in [-0.2, -0.15) is 0 Å². The van der Waals surface area contributed by atoms with Gasteiger partial charge < -0.3 is 5.32 Å². The zero-order chi connectivity index (χ0) is 14.5. The molecule has 20 heavy (non-hydrogen) atoms. The molecule has 0 aromatic heterocycles. The van der Waals surface area contributed by atoms with E-state index >= 15 is 0 Å². The molecule has 1 nitrogen and oxygen atoms in total. The normalized spacial score (nSPS) is 12.4. The van der Waals surface area contributed by atoms with Gasteiger partial charge in [-0.1, -0.05) is 48.9 Å². The molecule has 0 bridgehead atoms. The molecule has 0 saturated heterocycles. The first-order valence-corrected chi connectivity index (χ1v) is 7.25. The molecule has 0 aliphatic heterocycles. The van der Waals surface area contributed by atoms with Crippen LogP contribution in [0.25, 0.3) is 0 Å². The Hall–Kier alpha value is -1.38. The maximum Gasteiger partial charge on any atom is 0.128 e. The van der Waals surface area contributed by atoms with Gasteiger partial charge in [0.1, 0.15) is 5.82 Å². The van der Waals surface area contributed by atoms with Crippen LogP contribution in [0, 0.1) is 12.7 Å². The Morgan fingerprint density at radius 3 is 2.55 bits per heavy atom. The van der Waals surface area contributed by atoms with Crippen LogP contribution in [-0.2, 0) is 0 Å². The van der Waals surface area contributed by atoms with Crippen LogP contribution in [0.2, 0.25) is 5.02 Å². The number of benzene rings is 2. The minimum atomic E-state index is -0.218. The van der Waals surface area contributed by atoms with E-state index in [0.717, 1.165) is 24.1 Å². The predicted molar refractivity (Wildman–Crippen MR) is 82.7 cm³/mol. The van der Waals surface area contributed by atoms with Gasteiger partial charge in [-0.3, -0.25) is 0 Å². The smallest absolute Gasteiger partial charge is 0.128 e. The zero-order valence-corrected chi connectivity index (χ0v) is 12.5. The average Bonchev–Trinajstić information content (AvgIpc) is 2.42. The van der Waals surface area contributed by atoms with Crippen molar-refractivity contribution in [2.45, 2.75) is 26.3 Å². The van der Waals surface area contributed by atoms with Crippen LogP contribution in [0.15, 0.2) is 42.5 Å². The highest BCUT2D eigenvalue weighted by Crippen LogP contribution is 2.30. The Bertz CT molecular complexity index is 583. The van der Waals surface area contributed by atoms with E-state index in [1.54, 1.807) is 6.07 Å². The molecule has 0 fully saturated rings. The number of nitrogens with one attached hydrogen (secondary N) is 1. The fourth-order valence-electron chi connectivity index (χ4n) is 2.25. The van der Waals surface area contributed by atoms with Gasteiger partial charge in [-0.15, -0.1) is 0 Å². The van der Waals surface area contributed by atoms with Crippen LogP contribution in [0.3, 0.4) is 0 Å². The quantitative estimate of drug-likeness (QED) is 0.828. The summed E-state index contributed by atoms with van der Waals surface area (Å²) in [7, 11) is 0. The number of hydrogen-bond acceptors (Lipinski definition) is 1. The maximum absolute atomic E-state index is 14.3. The van der Waals surface area contributed by atoms with Crippen LogP contribution in [0.1, 0.15) is 36.1 Å². The highest BCUT2D eigenvalue weighted by molar-refractivity contribution is 6.31. The topological polar surface area (TPSA) is 12.0 Å². The number of aryl methyl sites for hydroxylation is 1. The van der Waals surface area contributed by atoms with E-state index in [1.807, 2.05) is 43.3 Å². The van der Waals surface area contributed by atoms with Crippen molar-refractivity contribution in [2.75, 3.05) is 6.54 Å². The third kappa shape index (κ3) is 3.38. The Balaban J connectivity index is 2.44. The van der Waals surface area contributed by atoms with E-state index in [1.165, 1.54) is 0 Å². The van der Waals surface area contributed by atoms with Gasteiger partial charge in [0.15, 0.2) is 0 Å². The van der Waals surface area contributed by atoms with Gasteiger partial charge in [0.2, 0.25) is 0 Å². The molecule has 1 unspecified atom stereocenters. The third-order valence-corrected chi connectivity index (χ3v) is 3.63. The monoisotopic (exact) mass is 291 g/mol. The molecule has 0 spiro atoms. The second-order valence-electron chi connectivity index (χ2n) is 4.93. The minimum absolute atomic E-state index is 0.196. The fourth-order valence-corrected chi connectivity index (χ4v) is 2.50. The van der Waals surface area contributed by atoms with Crippen molar-refractivity contribution in [1.82, 2.24) is 5.32 Å². The molecule has 1 atom stereocenters.